The molecule has 0 heterocycles. The highest BCUT2D eigenvalue weighted by Crippen LogP contribution is 2.33. The minimum absolute atomic E-state index is 0.116. The molecule has 9 heavy (non-hydrogen) atoms. The van der Waals surface area contributed by atoms with Crippen molar-refractivity contribution >= 4 is 0 Å². The summed E-state index contributed by atoms with van der Waals surface area (Å²) in [5.74, 6) is 0.833. The van der Waals surface area contributed by atoms with Crippen molar-refractivity contribution in [1.82, 2.24) is 0 Å². The number of hydrogen-bond donors (Lipinski definition) is 1. The van der Waals surface area contributed by atoms with Gasteiger partial charge in [0.15, 0.2) is 0 Å². The van der Waals surface area contributed by atoms with E-state index in [1.807, 2.05) is 0 Å². The second-order valence-electron chi connectivity index (χ2n) is 2.86. The summed E-state index contributed by atoms with van der Waals surface area (Å²) in [4.78, 5) is 0. The summed E-state index contributed by atoms with van der Waals surface area (Å²) >= 11 is 0. The van der Waals surface area contributed by atoms with Crippen molar-refractivity contribution in [2.45, 2.75) is 31.8 Å². The van der Waals surface area contributed by atoms with E-state index in [4.69, 9.17) is 0 Å². The van der Waals surface area contributed by atoms with Gasteiger partial charge in [-0.1, -0.05) is 18.9 Å². The van der Waals surface area contributed by atoms with Crippen LogP contribution in [0.3, 0.4) is 0 Å². The Morgan fingerprint density at radius 3 is 2.78 bits per heavy atom. The van der Waals surface area contributed by atoms with Crippen LogP contribution in [0.15, 0.2) is 12.7 Å². The lowest BCUT2D eigenvalue weighted by Gasteiger charge is -2.04. The van der Waals surface area contributed by atoms with Crippen LogP contribution in [0, 0.1) is 5.92 Å². The average molecular weight is 126 g/mol. The van der Waals surface area contributed by atoms with Crippen molar-refractivity contribution in [2.75, 3.05) is 0 Å². The molecule has 1 aliphatic carbocycles. The molecule has 1 atom stereocenters. The van der Waals surface area contributed by atoms with Gasteiger partial charge in [0, 0.05) is 0 Å². The molecule has 0 aromatic carbocycles. The van der Waals surface area contributed by atoms with E-state index >= 15 is 0 Å². The van der Waals surface area contributed by atoms with Gasteiger partial charge in [0.1, 0.15) is 0 Å². The molecule has 0 aromatic rings. The highest BCUT2D eigenvalue weighted by atomic mass is 16.3. The minimum Gasteiger partial charge on any atom is -0.393 e. The Kier molecular flexibility index (Phi) is 2.29. The zero-order valence-electron chi connectivity index (χ0n) is 5.71. The molecule has 0 bridgehead atoms. The molecule has 1 aliphatic rings. The maximum atomic E-state index is 9.19. The van der Waals surface area contributed by atoms with Gasteiger partial charge in [0.2, 0.25) is 0 Å². The van der Waals surface area contributed by atoms with Gasteiger partial charge in [-0.25, -0.2) is 0 Å². The Labute approximate surface area is 56.4 Å². The van der Waals surface area contributed by atoms with Gasteiger partial charge in [-0.05, 0) is 18.8 Å². The lowest BCUT2D eigenvalue weighted by atomic mass is 10.1. The quantitative estimate of drug-likeness (QED) is 0.569. The van der Waals surface area contributed by atoms with Crippen molar-refractivity contribution < 1.29 is 5.11 Å². The normalized spacial score (nSPS) is 21.4. The second kappa shape index (κ2) is 3.02. The van der Waals surface area contributed by atoms with E-state index in [1.165, 1.54) is 12.8 Å². The number of aliphatic hydroxyl groups is 1. The minimum atomic E-state index is -0.116. The zero-order chi connectivity index (χ0) is 6.69. The van der Waals surface area contributed by atoms with Gasteiger partial charge in [0.05, 0.1) is 6.10 Å². The topological polar surface area (TPSA) is 20.2 Å². The van der Waals surface area contributed by atoms with Crippen LogP contribution < -0.4 is 0 Å². The largest absolute Gasteiger partial charge is 0.393 e. The van der Waals surface area contributed by atoms with E-state index in [2.05, 4.69) is 6.58 Å². The van der Waals surface area contributed by atoms with Crippen LogP contribution in [-0.2, 0) is 0 Å². The first-order chi connectivity index (χ1) is 4.33. The molecule has 0 amide bonds. The van der Waals surface area contributed by atoms with Crippen LogP contribution >= 0.6 is 0 Å². The molecule has 1 fully saturated rings. The molecule has 1 rings (SSSR count). The zero-order valence-corrected chi connectivity index (χ0v) is 5.71. The van der Waals surface area contributed by atoms with E-state index in [1.54, 1.807) is 6.08 Å². The van der Waals surface area contributed by atoms with Gasteiger partial charge in [-0.15, -0.1) is 6.58 Å². The molecule has 0 aromatic heterocycles. The molecule has 1 saturated carbocycles. The molecule has 0 aliphatic heterocycles. The Morgan fingerprint density at radius 2 is 2.33 bits per heavy atom. The highest BCUT2D eigenvalue weighted by Gasteiger charge is 2.23. The molecule has 1 nitrogen and oxygen atoms in total. The number of aliphatic hydroxyl groups excluding tert-OH is 1. The fraction of sp³-hybridized carbons (Fsp3) is 0.750. The van der Waals surface area contributed by atoms with Crippen LogP contribution in [-0.4, -0.2) is 11.2 Å². The monoisotopic (exact) mass is 126 g/mol. The van der Waals surface area contributed by atoms with Crippen molar-refractivity contribution in [3.8, 4) is 0 Å². The summed E-state index contributed by atoms with van der Waals surface area (Å²) in [6.45, 7) is 3.57. The second-order valence-corrected chi connectivity index (χ2v) is 2.86. The number of hydrogen-bond acceptors (Lipinski definition) is 1. The van der Waals surface area contributed by atoms with Gasteiger partial charge < -0.3 is 5.11 Å². The summed E-state index contributed by atoms with van der Waals surface area (Å²) in [6, 6.07) is 0. The molecular formula is C8H14O. The highest BCUT2D eigenvalue weighted by molar-refractivity contribution is 4.80. The van der Waals surface area contributed by atoms with Crippen LogP contribution in [0.25, 0.3) is 0 Å². The molecule has 1 N–H and O–H groups in total. The third-order valence-electron chi connectivity index (χ3n) is 1.74. The Hall–Kier alpha value is -0.300. The Morgan fingerprint density at radius 1 is 1.67 bits per heavy atom. The maximum Gasteiger partial charge on any atom is 0.0577 e. The van der Waals surface area contributed by atoms with Gasteiger partial charge >= 0.3 is 0 Å². The summed E-state index contributed by atoms with van der Waals surface area (Å²) in [5.41, 5.74) is 0. The lowest BCUT2D eigenvalue weighted by molar-refractivity contribution is 0.161. The Balaban J connectivity index is 2.01. The first-order valence-electron chi connectivity index (χ1n) is 3.62. The summed E-state index contributed by atoms with van der Waals surface area (Å²) in [7, 11) is 0. The summed E-state index contributed by atoms with van der Waals surface area (Å²) < 4.78 is 0. The van der Waals surface area contributed by atoms with E-state index in [9.17, 15) is 5.11 Å². The molecule has 1 heteroatoms. The number of rotatable bonds is 4. The van der Waals surface area contributed by atoms with Crippen LogP contribution in [0.4, 0.5) is 0 Å². The van der Waals surface area contributed by atoms with E-state index in [-0.39, 0.29) is 6.10 Å². The predicted molar refractivity (Wildman–Crippen MR) is 38.2 cm³/mol. The average Bonchev–Trinajstić information content (AvgIpc) is 2.50. The molecule has 0 spiro atoms. The van der Waals surface area contributed by atoms with Gasteiger partial charge in [0.25, 0.3) is 0 Å². The first-order valence-corrected chi connectivity index (χ1v) is 3.62. The van der Waals surface area contributed by atoms with Gasteiger partial charge in [-0.2, -0.15) is 0 Å². The fourth-order valence-electron chi connectivity index (χ4n) is 1.03. The molecular weight excluding hydrogens is 112 g/mol. The third-order valence-corrected chi connectivity index (χ3v) is 1.74. The predicted octanol–water partition coefficient (Wildman–Crippen LogP) is 1.72. The SMILES string of the molecule is C=CC[C@H](O)CC1CC1. The van der Waals surface area contributed by atoms with Crippen LogP contribution in [0.1, 0.15) is 25.7 Å². The van der Waals surface area contributed by atoms with Crippen molar-refractivity contribution in [1.29, 1.82) is 0 Å². The molecule has 0 radical (unpaired) electrons. The standard InChI is InChI=1S/C8H14O/c1-2-3-8(9)6-7-4-5-7/h2,7-9H,1,3-6H2/t8-/m0/s1. The molecule has 0 unspecified atom stereocenters. The van der Waals surface area contributed by atoms with E-state index < -0.39 is 0 Å². The van der Waals surface area contributed by atoms with Crippen LogP contribution in [0.5, 0.6) is 0 Å². The molecule has 52 valence electrons. The summed E-state index contributed by atoms with van der Waals surface area (Å²) in [5, 5.41) is 9.19. The van der Waals surface area contributed by atoms with Crippen molar-refractivity contribution in [3.63, 3.8) is 0 Å². The van der Waals surface area contributed by atoms with E-state index in [0.29, 0.717) is 0 Å². The van der Waals surface area contributed by atoms with Gasteiger partial charge in [-0.3, -0.25) is 0 Å². The van der Waals surface area contributed by atoms with Crippen molar-refractivity contribution in [3.05, 3.63) is 12.7 Å². The smallest absolute Gasteiger partial charge is 0.0577 e. The molecule has 0 saturated heterocycles. The third kappa shape index (κ3) is 2.66. The first kappa shape index (κ1) is 6.81. The lowest BCUT2D eigenvalue weighted by Crippen LogP contribution is -2.04. The Bertz CT molecular complexity index is 94.7. The maximum absolute atomic E-state index is 9.19. The fourth-order valence-corrected chi connectivity index (χ4v) is 1.03. The van der Waals surface area contributed by atoms with E-state index in [0.717, 1.165) is 18.8 Å². The summed E-state index contributed by atoms with van der Waals surface area (Å²) in [6.07, 6.45) is 6.08. The van der Waals surface area contributed by atoms with Crippen molar-refractivity contribution in [2.24, 2.45) is 5.92 Å². The van der Waals surface area contributed by atoms with Crippen LogP contribution in [0.2, 0.25) is 0 Å².